The molecule has 2 aromatic heterocycles. The van der Waals surface area contributed by atoms with Gasteiger partial charge in [0.15, 0.2) is 5.65 Å². The quantitative estimate of drug-likeness (QED) is 0.693. The summed E-state index contributed by atoms with van der Waals surface area (Å²) in [6, 6.07) is 1.67. The Morgan fingerprint density at radius 2 is 2.14 bits per heavy atom. The minimum Gasteiger partial charge on any atom is -0.349 e. The van der Waals surface area contributed by atoms with Crippen LogP contribution in [-0.2, 0) is 6.54 Å². The summed E-state index contributed by atoms with van der Waals surface area (Å²) < 4.78 is 1.44. The summed E-state index contributed by atoms with van der Waals surface area (Å²) in [6.45, 7) is 6.81. The first-order valence-electron chi connectivity index (χ1n) is 10.1. The van der Waals surface area contributed by atoms with Crippen molar-refractivity contribution < 1.29 is 4.79 Å². The SMILES string of the molecule is CCCn1c(=O)[nH]c(=O)c2c(C(=O)NC3CCCC3CN)cc(C(C)C)nc21. The van der Waals surface area contributed by atoms with E-state index in [4.69, 9.17) is 5.73 Å². The van der Waals surface area contributed by atoms with Gasteiger partial charge < -0.3 is 11.1 Å². The molecule has 0 aromatic carbocycles. The molecule has 2 unspecified atom stereocenters. The predicted octanol–water partition coefficient (Wildman–Crippen LogP) is 1.48. The Bertz CT molecular complexity index is 992. The number of aromatic nitrogens is 3. The van der Waals surface area contributed by atoms with Gasteiger partial charge >= 0.3 is 5.69 Å². The molecule has 152 valence electrons. The summed E-state index contributed by atoms with van der Waals surface area (Å²) >= 11 is 0. The van der Waals surface area contributed by atoms with Crippen molar-refractivity contribution in [3.63, 3.8) is 0 Å². The maximum absolute atomic E-state index is 13.1. The number of amides is 1. The standard InChI is InChI=1S/C20H29N5O3/c1-4-8-25-17-16(19(27)24-20(25)28)13(9-15(22-17)11(2)3)18(26)23-14-7-5-6-12(14)10-21/h9,11-12,14H,4-8,10,21H2,1-3H3,(H,23,26)(H,24,27,28). The summed E-state index contributed by atoms with van der Waals surface area (Å²) in [5.74, 6) is -0.0197. The van der Waals surface area contributed by atoms with Crippen LogP contribution in [0.2, 0.25) is 0 Å². The van der Waals surface area contributed by atoms with E-state index in [0.717, 1.165) is 19.3 Å². The summed E-state index contributed by atoms with van der Waals surface area (Å²) in [4.78, 5) is 45.0. The van der Waals surface area contributed by atoms with Crippen molar-refractivity contribution in [2.75, 3.05) is 6.54 Å². The van der Waals surface area contributed by atoms with E-state index in [-0.39, 0.29) is 40.4 Å². The molecule has 0 radical (unpaired) electrons. The molecule has 2 aromatic rings. The number of carbonyl (C=O) groups excluding carboxylic acids is 1. The number of nitrogens with two attached hydrogens (primary N) is 1. The second-order valence-electron chi connectivity index (χ2n) is 7.87. The summed E-state index contributed by atoms with van der Waals surface area (Å²) in [7, 11) is 0. The summed E-state index contributed by atoms with van der Waals surface area (Å²) in [5.41, 5.74) is 5.96. The van der Waals surface area contributed by atoms with Gasteiger partial charge in [-0.2, -0.15) is 0 Å². The number of H-pyrrole nitrogens is 1. The van der Waals surface area contributed by atoms with Gasteiger partial charge in [0.2, 0.25) is 0 Å². The van der Waals surface area contributed by atoms with Crippen molar-refractivity contribution in [3.8, 4) is 0 Å². The van der Waals surface area contributed by atoms with Crippen molar-refractivity contribution in [2.24, 2.45) is 11.7 Å². The van der Waals surface area contributed by atoms with Gasteiger partial charge in [0, 0.05) is 18.3 Å². The van der Waals surface area contributed by atoms with Crippen LogP contribution in [0.25, 0.3) is 11.0 Å². The average molecular weight is 387 g/mol. The number of rotatable bonds is 6. The largest absolute Gasteiger partial charge is 0.349 e. The lowest BCUT2D eigenvalue weighted by atomic mass is 10.0. The molecule has 1 fully saturated rings. The van der Waals surface area contributed by atoms with Crippen molar-refractivity contribution in [3.05, 3.63) is 38.2 Å². The second-order valence-corrected chi connectivity index (χ2v) is 7.87. The van der Waals surface area contributed by atoms with E-state index < -0.39 is 11.2 Å². The third kappa shape index (κ3) is 3.73. The molecule has 1 aliphatic rings. The maximum Gasteiger partial charge on any atom is 0.329 e. The predicted molar refractivity (Wildman–Crippen MR) is 109 cm³/mol. The zero-order chi connectivity index (χ0) is 20.4. The van der Waals surface area contributed by atoms with Crippen LogP contribution in [0.15, 0.2) is 15.7 Å². The van der Waals surface area contributed by atoms with Crippen molar-refractivity contribution in [1.82, 2.24) is 19.9 Å². The lowest BCUT2D eigenvalue weighted by molar-refractivity contribution is 0.0930. The van der Waals surface area contributed by atoms with Crippen LogP contribution in [0.1, 0.15) is 68.4 Å². The highest BCUT2D eigenvalue weighted by atomic mass is 16.2. The molecule has 3 rings (SSSR count). The first kappa shape index (κ1) is 20.3. The molecule has 0 bridgehead atoms. The molecule has 2 heterocycles. The fraction of sp³-hybridized carbons (Fsp3) is 0.600. The van der Waals surface area contributed by atoms with Gasteiger partial charge in [0.05, 0.1) is 10.9 Å². The number of fused-ring (bicyclic) bond motifs is 1. The number of nitrogens with one attached hydrogen (secondary N) is 2. The molecule has 28 heavy (non-hydrogen) atoms. The Labute approximate surface area is 163 Å². The van der Waals surface area contributed by atoms with Crippen LogP contribution in [0.3, 0.4) is 0 Å². The number of pyridine rings is 1. The van der Waals surface area contributed by atoms with E-state index >= 15 is 0 Å². The fourth-order valence-electron chi connectivity index (χ4n) is 3.95. The molecule has 8 nitrogen and oxygen atoms in total. The van der Waals surface area contributed by atoms with E-state index in [9.17, 15) is 14.4 Å². The maximum atomic E-state index is 13.1. The fourth-order valence-corrected chi connectivity index (χ4v) is 3.95. The molecule has 1 saturated carbocycles. The van der Waals surface area contributed by atoms with Gasteiger partial charge in [-0.1, -0.05) is 27.2 Å². The minimum atomic E-state index is -0.581. The molecular formula is C20H29N5O3. The monoisotopic (exact) mass is 387 g/mol. The third-order valence-electron chi connectivity index (χ3n) is 5.53. The number of carbonyl (C=O) groups is 1. The second kappa shape index (κ2) is 8.26. The molecule has 8 heteroatoms. The van der Waals surface area contributed by atoms with Crippen LogP contribution < -0.4 is 22.3 Å². The van der Waals surface area contributed by atoms with E-state index in [1.165, 1.54) is 4.57 Å². The number of hydrogen-bond donors (Lipinski definition) is 3. The van der Waals surface area contributed by atoms with E-state index in [2.05, 4.69) is 15.3 Å². The smallest absolute Gasteiger partial charge is 0.329 e. The van der Waals surface area contributed by atoms with Gasteiger partial charge in [-0.3, -0.25) is 19.1 Å². The van der Waals surface area contributed by atoms with E-state index in [1.54, 1.807) is 6.07 Å². The highest BCUT2D eigenvalue weighted by molar-refractivity contribution is 6.05. The van der Waals surface area contributed by atoms with Crippen LogP contribution in [-0.4, -0.2) is 33.0 Å². The van der Waals surface area contributed by atoms with Gasteiger partial charge in [0.25, 0.3) is 11.5 Å². The van der Waals surface area contributed by atoms with Crippen molar-refractivity contribution in [2.45, 2.75) is 65.0 Å². The average Bonchev–Trinajstić information content (AvgIpc) is 3.10. The van der Waals surface area contributed by atoms with Crippen LogP contribution in [0.4, 0.5) is 0 Å². The van der Waals surface area contributed by atoms with Gasteiger partial charge in [-0.15, -0.1) is 0 Å². The number of aromatic amines is 1. The molecule has 4 N–H and O–H groups in total. The van der Waals surface area contributed by atoms with Crippen LogP contribution in [0.5, 0.6) is 0 Å². The molecule has 0 saturated heterocycles. The minimum absolute atomic E-state index is 0.00356. The first-order chi connectivity index (χ1) is 13.4. The normalized spacial score (nSPS) is 19.5. The lowest BCUT2D eigenvalue weighted by Gasteiger charge is -2.20. The highest BCUT2D eigenvalue weighted by Crippen LogP contribution is 2.26. The van der Waals surface area contributed by atoms with Gasteiger partial charge in [0.1, 0.15) is 0 Å². The number of aryl methyl sites for hydroxylation is 1. The molecule has 1 aliphatic carbocycles. The summed E-state index contributed by atoms with van der Waals surface area (Å²) in [6.07, 6.45) is 3.60. The third-order valence-corrected chi connectivity index (χ3v) is 5.53. The Kier molecular flexibility index (Phi) is 5.98. The van der Waals surface area contributed by atoms with Gasteiger partial charge in [-0.05, 0) is 43.7 Å². The zero-order valence-electron chi connectivity index (χ0n) is 16.7. The van der Waals surface area contributed by atoms with Gasteiger partial charge in [-0.25, -0.2) is 9.78 Å². The lowest BCUT2D eigenvalue weighted by Crippen LogP contribution is -2.41. The number of nitrogens with zero attached hydrogens (tertiary/aromatic N) is 2. The topological polar surface area (TPSA) is 123 Å². The van der Waals surface area contributed by atoms with E-state index in [1.807, 2.05) is 20.8 Å². The van der Waals surface area contributed by atoms with Crippen LogP contribution >= 0.6 is 0 Å². The Morgan fingerprint density at radius 1 is 1.39 bits per heavy atom. The Balaban J connectivity index is 2.17. The summed E-state index contributed by atoms with van der Waals surface area (Å²) in [5, 5.41) is 3.22. The molecule has 0 aliphatic heterocycles. The van der Waals surface area contributed by atoms with E-state index in [0.29, 0.717) is 25.2 Å². The van der Waals surface area contributed by atoms with Crippen LogP contribution in [0, 0.1) is 5.92 Å². The Morgan fingerprint density at radius 3 is 2.79 bits per heavy atom. The number of hydrogen-bond acceptors (Lipinski definition) is 5. The zero-order valence-corrected chi connectivity index (χ0v) is 16.7. The molecular weight excluding hydrogens is 358 g/mol. The molecule has 2 atom stereocenters. The molecule has 0 spiro atoms. The first-order valence-corrected chi connectivity index (χ1v) is 10.1. The van der Waals surface area contributed by atoms with Crippen molar-refractivity contribution in [1.29, 1.82) is 0 Å². The Hall–Kier alpha value is -2.48. The van der Waals surface area contributed by atoms with Crippen molar-refractivity contribution >= 4 is 16.9 Å². The highest BCUT2D eigenvalue weighted by Gasteiger charge is 2.29. The molecule has 1 amide bonds.